The fourth-order valence-electron chi connectivity index (χ4n) is 1.31. The SMILES string of the molecule is [B]OCCOCC(COCCOCC)OB(C)C. The summed E-state index contributed by atoms with van der Waals surface area (Å²) in [6.07, 6.45) is -0.0793. The molecule has 104 valence electrons. The molecule has 0 heterocycles. The molecule has 0 aromatic carbocycles. The van der Waals surface area contributed by atoms with E-state index in [2.05, 4.69) is 4.65 Å². The summed E-state index contributed by atoms with van der Waals surface area (Å²) >= 11 is 0. The van der Waals surface area contributed by atoms with Gasteiger partial charge in [-0.15, -0.1) is 0 Å². The van der Waals surface area contributed by atoms with Crippen LogP contribution in [-0.4, -0.2) is 67.3 Å². The van der Waals surface area contributed by atoms with Crippen molar-refractivity contribution >= 4 is 15.0 Å². The molecule has 0 rings (SSSR count). The third-order valence-corrected chi connectivity index (χ3v) is 1.99. The summed E-state index contributed by atoms with van der Waals surface area (Å²) in [6, 6.07) is 0. The summed E-state index contributed by atoms with van der Waals surface area (Å²) in [5, 5.41) is 0. The summed E-state index contributed by atoms with van der Waals surface area (Å²) in [5.74, 6) is 0. The lowest BCUT2D eigenvalue weighted by Crippen LogP contribution is -2.31. The van der Waals surface area contributed by atoms with Gasteiger partial charge in [-0.3, -0.25) is 0 Å². The zero-order valence-electron chi connectivity index (χ0n) is 11.7. The van der Waals surface area contributed by atoms with Gasteiger partial charge in [-0.2, -0.15) is 0 Å². The molecule has 0 N–H and O–H groups in total. The van der Waals surface area contributed by atoms with Crippen molar-refractivity contribution in [1.82, 2.24) is 0 Å². The Balaban J connectivity index is 3.63. The summed E-state index contributed by atoms with van der Waals surface area (Å²) in [4.78, 5) is 0. The molecule has 18 heavy (non-hydrogen) atoms. The normalized spacial score (nSPS) is 12.6. The van der Waals surface area contributed by atoms with Gasteiger partial charge >= 0.3 is 0 Å². The predicted octanol–water partition coefficient (Wildman–Crippen LogP) is 0.792. The first kappa shape index (κ1) is 17.9. The standard InChI is InChI=1S/C11H24B2O5/c1-4-14-5-6-15-9-11(18-13(2)3)10-16-7-8-17-12/h11H,4-10H2,1-3H3. The van der Waals surface area contributed by atoms with E-state index in [0.29, 0.717) is 46.2 Å². The van der Waals surface area contributed by atoms with E-state index in [-0.39, 0.29) is 13.0 Å². The third kappa shape index (κ3) is 12.4. The van der Waals surface area contributed by atoms with Crippen LogP contribution < -0.4 is 0 Å². The highest BCUT2D eigenvalue weighted by molar-refractivity contribution is 6.48. The van der Waals surface area contributed by atoms with Gasteiger partial charge in [-0.25, -0.2) is 0 Å². The number of ether oxygens (including phenoxy) is 3. The third-order valence-electron chi connectivity index (χ3n) is 1.99. The number of hydrogen-bond donors (Lipinski definition) is 0. The fraction of sp³-hybridized carbons (Fsp3) is 1.00. The van der Waals surface area contributed by atoms with Crippen LogP contribution in [0, 0.1) is 0 Å². The lowest BCUT2D eigenvalue weighted by Gasteiger charge is -2.20. The molecule has 0 saturated carbocycles. The van der Waals surface area contributed by atoms with Crippen molar-refractivity contribution in [2.24, 2.45) is 0 Å². The van der Waals surface area contributed by atoms with Crippen molar-refractivity contribution in [3.63, 3.8) is 0 Å². The van der Waals surface area contributed by atoms with Gasteiger partial charge in [0.1, 0.15) is 0 Å². The molecule has 5 nitrogen and oxygen atoms in total. The zero-order chi connectivity index (χ0) is 13.6. The summed E-state index contributed by atoms with van der Waals surface area (Å²) in [7, 11) is 4.90. The summed E-state index contributed by atoms with van der Waals surface area (Å²) in [6.45, 7) is 9.73. The van der Waals surface area contributed by atoms with Crippen molar-refractivity contribution in [3.05, 3.63) is 0 Å². The molecule has 0 bridgehead atoms. The first-order chi connectivity index (χ1) is 8.70. The highest BCUT2D eigenvalue weighted by atomic mass is 16.6. The molecule has 0 aliphatic rings. The van der Waals surface area contributed by atoms with Crippen molar-refractivity contribution < 1.29 is 23.5 Å². The molecule has 0 amide bonds. The molecule has 1 unspecified atom stereocenters. The van der Waals surface area contributed by atoms with Crippen LogP contribution in [-0.2, 0) is 23.5 Å². The lowest BCUT2D eigenvalue weighted by molar-refractivity contribution is -0.0249. The van der Waals surface area contributed by atoms with Gasteiger partial charge in [0.2, 0.25) is 0 Å². The van der Waals surface area contributed by atoms with Crippen molar-refractivity contribution in [1.29, 1.82) is 0 Å². The topological polar surface area (TPSA) is 46.2 Å². The zero-order valence-corrected chi connectivity index (χ0v) is 11.7. The van der Waals surface area contributed by atoms with E-state index in [1.165, 1.54) is 0 Å². The Labute approximate surface area is 112 Å². The van der Waals surface area contributed by atoms with Crippen LogP contribution in [0.1, 0.15) is 6.92 Å². The minimum atomic E-state index is -0.0793. The molecule has 0 saturated heterocycles. The first-order valence-corrected chi connectivity index (χ1v) is 6.41. The maximum atomic E-state index is 5.67. The monoisotopic (exact) mass is 258 g/mol. The summed E-state index contributed by atoms with van der Waals surface area (Å²) in [5.41, 5.74) is 0. The Morgan fingerprint density at radius 3 is 2.00 bits per heavy atom. The summed E-state index contributed by atoms with van der Waals surface area (Å²) < 4.78 is 26.1. The van der Waals surface area contributed by atoms with E-state index >= 15 is 0 Å². The van der Waals surface area contributed by atoms with Crippen molar-refractivity contribution in [2.45, 2.75) is 26.7 Å². The maximum Gasteiger partial charge on any atom is 0.287 e. The molecule has 1 atom stereocenters. The molecular weight excluding hydrogens is 234 g/mol. The van der Waals surface area contributed by atoms with E-state index < -0.39 is 0 Å². The van der Waals surface area contributed by atoms with Crippen LogP contribution in [0.25, 0.3) is 0 Å². The molecule has 0 aliphatic heterocycles. The first-order valence-electron chi connectivity index (χ1n) is 6.41. The van der Waals surface area contributed by atoms with E-state index in [0.717, 1.165) is 0 Å². The highest BCUT2D eigenvalue weighted by Gasteiger charge is 2.13. The Morgan fingerprint density at radius 1 is 0.944 bits per heavy atom. The largest absolute Gasteiger partial charge is 0.445 e. The maximum absolute atomic E-state index is 5.67. The van der Waals surface area contributed by atoms with Crippen LogP contribution in [0.15, 0.2) is 0 Å². The van der Waals surface area contributed by atoms with E-state index in [1.54, 1.807) is 0 Å². The van der Waals surface area contributed by atoms with Crippen molar-refractivity contribution in [2.75, 3.05) is 46.2 Å². The molecule has 0 aliphatic carbocycles. The highest BCUT2D eigenvalue weighted by Crippen LogP contribution is 1.99. The minimum Gasteiger partial charge on any atom is -0.445 e. The fourth-order valence-corrected chi connectivity index (χ4v) is 1.31. The molecule has 7 heteroatoms. The van der Waals surface area contributed by atoms with Crippen LogP contribution >= 0.6 is 0 Å². The van der Waals surface area contributed by atoms with Crippen LogP contribution in [0.3, 0.4) is 0 Å². The minimum absolute atomic E-state index is 0.0793. The molecule has 0 spiro atoms. The van der Waals surface area contributed by atoms with Crippen LogP contribution in [0.4, 0.5) is 0 Å². The van der Waals surface area contributed by atoms with E-state index in [9.17, 15) is 0 Å². The molecule has 2 radical (unpaired) electrons. The Hall–Kier alpha value is -0.0701. The van der Waals surface area contributed by atoms with Gasteiger partial charge in [0.05, 0.1) is 45.7 Å². The molecule has 0 fully saturated rings. The molecule has 0 aromatic heterocycles. The van der Waals surface area contributed by atoms with Gasteiger partial charge in [-0.1, -0.05) is 13.6 Å². The predicted molar refractivity (Wildman–Crippen MR) is 72.2 cm³/mol. The average Bonchev–Trinajstić information content (AvgIpc) is 2.33. The molecular formula is C11H24B2O5. The van der Waals surface area contributed by atoms with Gasteiger partial charge in [0, 0.05) is 6.61 Å². The lowest BCUT2D eigenvalue weighted by atomic mass is 9.75. The Morgan fingerprint density at radius 2 is 1.50 bits per heavy atom. The van der Waals surface area contributed by atoms with E-state index in [1.807, 2.05) is 20.6 Å². The number of hydrogen-bond acceptors (Lipinski definition) is 5. The second kappa shape index (κ2) is 13.4. The van der Waals surface area contributed by atoms with Gasteiger partial charge in [-0.05, 0) is 6.92 Å². The van der Waals surface area contributed by atoms with Crippen LogP contribution in [0.2, 0.25) is 13.6 Å². The second-order valence-electron chi connectivity index (χ2n) is 4.02. The van der Waals surface area contributed by atoms with Crippen LogP contribution in [0.5, 0.6) is 0 Å². The second-order valence-corrected chi connectivity index (χ2v) is 4.02. The van der Waals surface area contributed by atoms with Gasteiger partial charge in [0.15, 0.2) is 0 Å². The van der Waals surface area contributed by atoms with Gasteiger partial charge in [0.25, 0.3) is 15.0 Å². The number of rotatable bonds is 13. The smallest absolute Gasteiger partial charge is 0.287 e. The Bertz CT molecular complexity index is 172. The average molecular weight is 258 g/mol. The molecule has 0 aromatic rings. The van der Waals surface area contributed by atoms with E-state index in [4.69, 9.17) is 26.9 Å². The van der Waals surface area contributed by atoms with Crippen molar-refractivity contribution in [3.8, 4) is 0 Å². The Kier molecular flexibility index (Phi) is 13.3. The quantitative estimate of drug-likeness (QED) is 0.361. The van der Waals surface area contributed by atoms with Gasteiger partial charge < -0.3 is 23.5 Å².